The molecule has 1 aromatic heterocycles. The summed E-state index contributed by atoms with van der Waals surface area (Å²) in [5.41, 5.74) is 6.53. The first-order chi connectivity index (χ1) is 8.70. The molecular weight excluding hydrogens is 271 g/mol. The van der Waals surface area contributed by atoms with Crippen molar-refractivity contribution in [3.63, 3.8) is 0 Å². The molecule has 0 saturated carbocycles. The highest BCUT2D eigenvalue weighted by Crippen LogP contribution is 2.20. The van der Waals surface area contributed by atoms with Gasteiger partial charge in [-0.05, 0) is 29.1 Å². The van der Waals surface area contributed by atoms with Crippen molar-refractivity contribution >= 4 is 22.9 Å². The molecular formula is C13H14ClFN2S. The highest BCUT2D eigenvalue weighted by Gasteiger charge is 2.11. The van der Waals surface area contributed by atoms with Crippen molar-refractivity contribution in [3.05, 3.63) is 57.0 Å². The molecule has 1 aromatic carbocycles. The zero-order valence-corrected chi connectivity index (χ0v) is 11.3. The smallest absolute Gasteiger partial charge is 0.142 e. The number of hydrogen-bond donors (Lipinski definition) is 2. The molecule has 2 nitrogen and oxygen atoms in total. The average molecular weight is 285 g/mol. The molecule has 0 saturated heterocycles. The van der Waals surface area contributed by atoms with E-state index in [1.807, 2.05) is 17.5 Å². The van der Waals surface area contributed by atoms with Crippen LogP contribution in [0.2, 0.25) is 5.02 Å². The summed E-state index contributed by atoms with van der Waals surface area (Å²) < 4.78 is 13.4. The van der Waals surface area contributed by atoms with Crippen molar-refractivity contribution in [3.8, 4) is 0 Å². The molecule has 5 heteroatoms. The second kappa shape index (κ2) is 6.29. The fourth-order valence-corrected chi connectivity index (χ4v) is 2.48. The summed E-state index contributed by atoms with van der Waals surface area (Å²) in [5, 5.41) is 5.47. The maximum absolute atomic E-state index is 13.4. The van der Waals surface area contributed by atoms with E-state index in [9.17, 15) is 4.39 Å². The van der Waals surface area contributed by atoms with Crippen LogP contribution in [-0.4, -0.2) is 6.54 Å². The standard InChI is InChI=1S/C13H14ClFN2S/c14-11-4-3-9(6-12(11)15)13(7-16)17-8-10-2-1-5-18-10/h1-6,13,17H,7-8,16H2. The summed E-state index contributed by atoms with van der Waals surface area (Å²) in [6.45, 7) is 1.14. The summed E-state index contributed by atoms with van der Waals surface area (Å²) in [4.78, 5) is 1.22. The minimum absolute atomic E-state index is 0.0705. The molecule has 0 bridgehead atoms. The van der Waals surface area contributed by atoms with Crippen LogP contribution < -0.4 is 11.1 Å². The molecule has 0 fully saturated rings. The number of nitrogens with two attached hydrogens (primary N) is 1. The van der Waals surface area contributed by atoms with Crippen molar-refractivity contribution < 1.29 is 4.39 Å². The van der Waals surface area contributed by atoms with Crippen LogP contribution in [0.4, 0.5) is 4.39 Å². The van der Waals surface area contributed by atoms with Crippen molar-refractivity contribution in [2.45, 2.75) is 12.6 Å². The monoisotopic (exact) mass is 284 g/mol. The van der Waals surface area contributed by atoms with Crippen molar-refractivity contribution in [1.29, 1.82) is 0 Å². The van der Waals surface area contributed by atoms with Gasteiger partial charge in [0.1, 0.15) is 5.82 Å². The molecule has 18 heavy (non-hydrogen) atoms. The number of hydrogen-bond acceptors (Lipinski definition) is 3. The minimum Gasteiger partial charge on any atom is -0.329 e. The Morgan fingerprint density at radius 1 is 1.39 bits per heavy atom. The summed E-state index contributed by atoms with van der Waals surface area (Å²) in [6.07, 6.45) is 0. The fraction of sp³-hybridized carbons (Fsp3) is 0.231. The summed E-state index contributed by atoms with van der Waals surface area (Å²) in [5.74, 6) is -0.412. The van der Waals surface area contributed by atoms with E-state index in [-0.39, 0.29) is 11.1 Å². The van der Waals surface area contributed by atoms with Gasteiger partial charge < -0.3 is 11.1 Å². The molecule has 0 aliphatic rings. The maximum Gasteiger partial charge on any atom is 0.142 e. The normalized spacial score (nSPS) is 12.6. The third-order valence-electron chi connectivity index (χ3n) is 2.68. The van der Waals surface area contributed by atoms with E-state index in [4.69, 9.17) is 17.3 Å². The Bertz CT molecular complexity index is 502. The maximum atomic E-state index is 13.4. The second-order valence-electron chi connectivity index (χ2n) is 3.92. The third kappa shape index (κ3) is 3.29. The molecule has 0 radical (unpaired) electrons. The van der Waals surface area contributed by atoms with E-state index >= 15 is 0 Å². The number of benzene rings is 1. The van der Waals surface area contributed by atoms with Gasteiger partial charge in [0, 0.05) is 24.0 Å². The van der Waals surface area contributed by atoms with Crippen LogP contribution in [-0.2, 0) is 6.54 Å². The van der Waals surface area contributed by atoms with Gasteiger partial charge in [-0.1, -0.05) is 23.7 Å². The van der Waals surface area contributed by atoms with Gasteiger partial charge >= 0.3 is 0 Å². The molecule has 2 aromatic rings. The molecule has 1 unspecified atom stereocenters. The summed E-state index contributed by atoms with van der Waals surface area (Å²) >= 11 is 7.34. The van der Waals surface area contributed by atoms with Crippen LogP contribution in [0, 0.1) is 5.82 Å². The Hall–Kier alpha value is -0.940. The number of rotatable bonds is 5. The van der Waals surface area contributed by atoms with Gasteiger partial charge in [-0.2, -0.15) is 0 Å². The molecule has 0 amide bonds. The Morgan fingerprint density at radius 2 is 2.22 bits per heavy atom. The first-order valence-electron chi connectivity index (χ1n) is 5.61. The molecule has 1 atom stereocenters. The lowest BCUT2D eigenvalue weighted by Gasteiger charge is -2.17. The predicted molar refractivity (Wildman–Crippen MR) is 74.4 cm³/mol. The summed E-state index contributed by atoms with van der Waals surface area (Å²) in [7, 11) is 0. The lowest BCUT2D eigenvalue weighted by atomic mass is 10.1. The van der Waals surface area contributed by atoms with Gasteiger partial charge in [0.15, 0.2) is 0 Å². The number of thiophene rings is 1. The van der Waals surface area contributed by atoms with Crippen LogP contribution in [0.15, 0.2) is 35.7 Å². The Labute approximate surface area is 115 Å². The Morgan fingerprint density at radius 3 is 2.83 bits per heavy atom. The van der Waals surface area contributed by atoms with E-state index in [0.29, 0.717) is 6.54 Å². The lowest BCUT2D eigenvalue weighted by molar-refractivity contribution is 0.539. The van der Waals surface area contributed by atoms with Gasteiger partial charge in [-0.15, -0.1) is 11.3 Å². The quantitative estimate of drug-likeness (QED) is 0.884. The number of halogens is 2. The average Bonchev–Trinajstić information content (AvgIpc) is 2.87. The predicted octanol–water partition coefficient (Wildman–Crippen LogP) is 3.33. The fourth-order valence-electron chi connectivity index (χ4n) is 1.70. The second-order valence-corrected chi connectivity index (χ2v) is 5.36. The largest absolute Gasteiger partial charge is 0.329 e. The molecule has 3 N–H and O–H groups in total. The van der Waals surface area contributed by atoms with E-state index < -0.39 is 5.82 Å². The zero-order chi connectivity index (χ0) is 13.0. The molecule has 0 spiro atoms. The van der Waals surface area contributed by atoms with Crippen LogP contribution in [0.1, 0.15) is 16.5 Å². The van der Waals surface area contributed by atoms with Gasteiger partial charge in [0.05, 0.1) is 5.02 Å². The van der Waals surface area contributed by atoms with Crippen molar-refractivity contribution in [2.75, 3.05) is 6.54 Å². The van der Waals surface area contributed by atoms with Gasteiger partial charge in [0.25, 0.3) is 0 Å². The summed E-state index contributed by atoms with van der Waals surface area (Å²) in [6, 6.07) is 8.76. The Kier molecular flexibility index (Phi) is 4.72. The van der Waals surface area contributed by atoms with E-state index in [1.54, 1.807) is 23.5 Å². The Balaban J connectivity index is 2.05. The topological polar surface area (TPSA) is 38.0 Å². The lowest BCUT2D eigenvalue weighted by Crippen LogP contribution is -2.27. The highest BCUT2D eigenvalue weighted by atomic mass is 35.5. The zero-order valence-electron chi connectivity index (χ0n) is 9.70. The third-order valence-corrected chi connectivity index (χ3v) is 3.87. The van der Waals surface area contributed by atoms with E-state index in [2.05, 4.69) is 5.32 Å². The molecule has 1 heterocycles. The van der Waals surface area contributed by atoms with E-state index in [1.165, 1.54) is 10.9 Å². The van der Waals surface area contributed by atoms with Crippen molar-refractivity contribution in [2.24, 2.45) is 5.73 Å². The minimum atomic E-state index is -0.412. The molecule has 0 aliphatic carbocycles. The SMILES string of the molecule is NCC(NCc1cccs1)c1ccc(Cl)c(F)c1. The van der Waals surface area contributed by atoms with Gasteiger partial charge in [0.2, 0.25) is 0 Å². The molecule has 96 valence electrons. The van der Waals surface area contributed by atoms with Crippen LogP contribution in [0.25, 0.3) is 0 Å². The van der Waals surface area contributed by atoms with Gasteiger partial charge in [-0.25, -0.2) is 4.39 Å². The van der Waals surface area contributed by atoms with Crippen LogP contribution in [0.5, 0.6) is 0 Å². The van der Waals surface area contributed by atoms with Gasteiger partial charge in [-0.3, -0.25) is 0 Å². The number of nitrogens with one attached hydrogen (secondary N) is 1. The van der Waals surface area contributed by atoms with Crippen LogP contribution in [0.3, 0.4) is 0 Å². The van der Waals surface area contributed by atoms with Crippen molar-refractivity contribution in [1.82, 2.24) is 5.32 Å². The first-order valence-corrected chi connectivity index (χ1v) is 6.87. The molecule has 0 aliphatic heterocycles. The first kappa shape index (κ1) is 13.5. The van der Waals surface area contributed by atoms with Crippen LogP contribution >= 0.6 is 22.9 Å². The molecule has 2 rings (SSSR count). The van der Waals surface area contributed by atoms with E-state index in [0.717, 1.165) is 12.1 Å². The highest BCUT2D eigenvalue weighted by molar-refractivity contribution is 7.09.